The zero-order chi connectivity index (χ0) is 20.3. The van der Waals surface area contributed by atoms with Gasteiger partial charge in [0.2, 0.25) is 0 Å². The van der Waals surface area contributed by atoms with Crippen molar-refractivity contribution >= 4 is 0 Å². The highest BCUT2D eigenvalue weighted by Gasteiger charge is 2.50. The molecule has 0 bridgehead atoms. The van der Waals surface area contributed by atoms with Crippen molar-refractivity contribution in [3.63, 3.8) is 0 Å². The molecule has 2 rings (SSSR count). The van der Waals surface area contributed by atoms with Crippen LogP contribution >= 0.6 is 0 Å². The fourth-order valence-corrected chi connectivity index (χ4v) is 3.09. The van der Waals surface area contributed by atoms with E-state index < -0.39 is 74.4 Å². The van der Waals surface area contributed by atoms with Crippen LogP contribution in [-0.2, 0) is 18.9 Å². The standard InChI is InChI=1S/C16H30O11/c1-6(2)24-5-9-11(20)13(22)15(8(4-18)25-9)27-16-14(23)12(21)10(19)7(3-17)26-16/h6-23H,3-5H2,1-2H3. The summed E-state index contributed by atoms with van der Waals surface area (Å²) in [5.74, 6) is 0. The molecule has 0 saturated carbocycles. The van der Waals surface area contributed by atoms with E-state index >= 15 is 0 Å². The molecular formula is C16H30O11. The van der Waals surface area contributed by atoms with E-state index in [-0.39, 0.29) is 12.7 Å². The Morgan fingerprint density at radius 1 is 0.741 bits per heavy atom. The molecular weight excluding hydrogens is 368 g/mol. The van der Waals surface area contributed by atoms with Gasteiger partial charge < -0.3 is 54.7 Å². The van der Waals surface area contributed by atoms with Crippen LogP contribution in [0.5, 0.6) is 0 Å². The van der Waals surface area contributed by atoms with Gasteiger partial charge in [0.15, 0.2) is 6.29 Å². The predicted octanol–water partition coefficient (Wildman–Crippen LogP) is -3.92. The summed E-state index contributed by atoms with van der Waals surface area (Å²) in [5.41, 5.74) is 0. The highest BCUT2D eigenvalue weighted by atomic mass is 16.7. The lowest BCUT2D eigenvalue weighted by Gasteiger charge is -2.46. The normalized spacial score (nSPS) is 46.0. The summed E-state index contributed by atoms with van der Waals surface area (Å²) in [7, 11) is 0. The second kappa shape index (κ2) is 9.85. The maximum absolute atomic E-state index is 10.4. The van der Waals surface area contributed by atoms with Crippen molar-refractivity contribution in [2.24, 2.45) is 0 Å². The van der Waals surface area contributed by atoms with Crippen LogP contribution < -0.4 is 0 Å². The molecule has 2 heterocycles. The summed E-state index contributed by atoms with van der Waals surface area (Å²) in [6, 6.07) is 0. The third-order valence-corrected chi connectivity index (χ3v) is 4.70. The van der Waals surface area contributed by atoms with E-state index in [1.54, 1.807) is 13.8 Å². The molecule has 27 heavy (non-hydrogen) atoms. The van der Waals surface area contributed by atoms with E-state index in [4.69, 9.17) is 18.9 Å². The van der Waals surface area contributed by atoms with Crippen LogP contribution in [0.4, 0.5) is 0 Å². The first-order valence-electron chi connectivity index (χ1n) is 8.91. The van der Waals surface area contributed by atoms with E-state index in [2.05, 4.69) is 0 Å². The lowest BCUT2D eigenvalue weighted by Crippen LogP contribution is -2.64. The monoisotopic (exact) mass is 398 g/mol. The first-order chi connectivity index (χ1) is 12.7. The number of aliphatic hydroxyl groups excluding tert-OH is 7. The minimum absolute atomic E-state index is 0.0147. The molecule has 0 aromatic rings. The van der Waals surface area contributed by atoms with Gasteiger partial charge in [-0.1, -0.05) is 0 Å². The van der Waals surface area contributed by atoms with Gasteiger partial charge in [0, 0.05) is 0 Å². The topological polar surface area (TPSA) is 179 Å². The molecule has 0 radical (unpaired) electrons. The van der Waals surface area contributed by atoms with Gasteiger partial charge in [-0.15, -0.1) is 0 Å². The number of ether oxygens (including phenoxy) is 4. The van der Waals surface area contributed by atoms with Gasteiger partial charge in [0.1, 0.15) is 54.9 Å². The quantitative estimate of drug-likeness (QED) is 0.223. The van der Waals surface area contributed by atoms with Gasteiger partial charge in [-0.2, -0.15) is 0 Å². The van der Waals surface area contributed by atoms with Crippen molar-refractivity contribution in [3.8, 4) is 0 Å². The number of hydrogen-bond acceptors (Lipinski definition) is 11. The highest BCUT2D eigenvalue weighted by Crippen LogP contribution is 2.29. The molecule has 0 amide bonds. The average molecular weight is 398 g/mol. The second-order valence-electron chi connectivity index (χ2n) is 7.06. The van der Waals surface area contributed by atoms with Crippen LogP contribution in [0, 0.1) is 0 Å². The average Bonchev–Trinajstić information content (AvgIpc) is 2.64. The minimum Gasteiger partial charge on any atom is -0.394 e. The summed E-state index contributed by atoms with van der Waals surface area (Å²) in [5, 5.41) is 69.1. The van der Waals surface area contributed by atoms with E-state index in [0.717, 1.165) is 0 Å². The fraction of sp³-hybridized carbons (Fsp3) is 1.00. The first kappa shape index (κ1) is 22.8. The summed E-state index contributed by atoms with van der Waals surface area (Å²) in [6.07, 6.45) is -14.0. The smallest absolute Gasteiger partial charge is 0.187 e. The third kappa shape index (κ3) is 5.14. The SMILES string of the molecule is CC(C)OCC1OC(CO)C(OC2OC(CO)C(O)C(O)C2O)C(O)C1O. The van der Waals surface area contributed by atoms with E-state index in [9.17, 15) is 35.7 Å². The Bertz CT molecular complexity index is 446. The second-order valence-corrected chi connectivity index (χ2v) is 7.06. The molecule has 11 nitrogen and oxygen atoms in total. The van der Waals surface area contributed by atoms with Crippen molar-refractivity contribution in [1.29, 1.82) is 0 Å². The van der Waals surface area contributed by atoms with E-state index in [0.29, 0.717) is 0 Å². The summed E-state index contributed by atoms with van der Waals surface area (Å²) in [6.45, 7) is 2.36. The van der Waals surface area contributed by atoms with Crippen LogP contribution in [-0.4, -0.2) is 123 Å². The minimum atomic E-state index is -1.69. The number of hydrogen-bond donors (Lipinski definition) is 7. The van der Waals surface area contributed by atoms with E-state index in [1.807, 2.05) is 0 Å². The molecule has 2 aliphatic heterocycles. The van der Waals surface area contributed by atoms with Crippen molar-refractivity contribution in [2.75, 3.05) is 19.8 Å². The Morgan fingerprint density at radius 3 is 1.89 bits per heavy atom. The van der Waals surface area contributed by atoms with Crippen LogP contribution in [0.1, 0.15) is 13.8 Å². The Morgan fingerprint density at radius 2 is 1.33 bits per heavy atom. The predicted molar refractivity (Wildman–Crippen MR) is 87.5 cm³/mol. The molecule has 2 aliphatic rings. The number of aliphatic hydroxyl groups is 7. The summed E-state index contributed by atoms with van der Waals surface area (Å²) < 4.78 is 21.6. The van der Waals surface area contributed by atoms with Crippen LogP contribution in [0.2, 0.25) is 0 Å². The van der Waals surface area contributed by atoms with Crippen molar-refractivity contribution in [2.45, 2.75) is 81.2 Å². The molecule has 10 atom stereocenters. The first-order valence-corrected chi connectivity index (χ1v) is 8.91. The zero-order valence-corrected chi connectivity index (χ0v) is 15.2. The molecule has 0 spiro atoms. The molecule has 2 fully saturated rings. The number of rotatable bonds is 7. The third-order valence-electron chi connectivity index (χ3n) is 4.70. The molecule has 2 saturated heterocycles. The molecule has 160 valence electrons. The lowest BCUT2D eigenvalue weighted by molar-refractivity contribution is -0.343. The van der Waals surface area contributed by atoms with Crippen molar-refractivity contribution in [1.82, 2.24) is 0 Å². The zero-order valence-electron chi connectivity index (χ0n) is 15.2. The van der Waals surface area contributed by atoms with Crippen LogP contribution in [0.3, 0.4) is 0 Å². The van der Waals surface area contributed by atoms with Gasteiger partial charge in [0.05, 0.1) is 25.9 Å². The Kier molecular flexibility index (Phi) is 8.34. The summed E-state index contributed by atoms with van der Waals surface area (Å²) >= 11 is 0. The molecule has 0 aromatic heterocycles. The van der Waals surface area contributed by atoms with Crippen molar-refractivity contribution < 1.29 is 54.7 Å². The van der Waals surface area contributed by atoms with E-state index in [1.165, 1.54) is 0 Å². The fourth-order valence-electron chi connectivity index (χ4n) is 3.09. The van der Waals surface area contributed by atoms with Crippen LogP contribution in [0.25, 0.3) is 0 Å². The van der Waals surface area contributed by atoms with Gasteiger partial charge in [-0.05, 0) is 13.8 Å². The lowest BCUT2D eigenvalue weighted by atomic mass is 9.94. The maximum Gasteiger partial charge on any atom is 0.187 e. The molecule has 11 heteroatoms. The molecule has 0 aromatic carbocycles. The Labute approximate surface area is 156 Å². The highest BCUT2D eigenvalue weighted by molar-refractivity contribution is 4.95. The molecule has 0 aliphatic carbocycles. The van der Waals surface area contributed by atoms with Gasteiger partial charge in [0.25, 0.3) is 0 Å². The Balaban J connectivity index is 2.08. The molecule has 10 unspecified atom stereocenters. The largest absolute Gasteiger partial charge is 0.394 e. The summed E-state index contributed by atoms with van der Waals surface area (Å²) in [4.78, 5) is 0. The van der Waals surface area contributed by atoms with Gasteiger partial charge >= 0.3 is 0 Å². The van der Waals surface area contributed by atoms with Crippen LogP contribution in [0.15, 0.2) is 0 Å². The van der Waals surface area contributed by atoms with Gasteiger partial charge in [-0.3, -0.25) is 0 Å². The molecule has 7 N–H and O–H groups in total. The van der Waals surface area contributed by atoms with Gasteiger partial charge in [-0.25, -0.2) is 0 Å². The maximum atomic E-state index is 10.4. The Hall–Kier alpha value is -0.440. The van der Waals surface area contributed by atoms with Crippen molar-refractivity contribution in [3.05, 3.63) is 0 Å².